The number of alkyl halides is 1. The van der Waals surface area contributed by atoms with Crippen molar-refractivity contribution in [2.45, 2.75) is 70.3 Å². The van der Waals surface area contributed by atoms with E-state index in [1.54, 1.807) is 0 Å². The maximum Gasteiger partial charge on any atom is 0.167 e. The van der Waals surface area contributed by atoms with Crippen LogP contribution in [0.2, 0.25) is 0 Å². The summed E-state index contributed by atoms with van der Waals surface area (Å²) >= 11 is 5.85. The molecule has 27 heavy (non-hydrogen) atoms. The maximum atomic E-state index is 12.8. The zero-order valence-electron chi connectivity index (χ0n) is 16.2. The number of aliphatic hydroxyl groups excluding tert-OH is 1. The average molecular weight is 391 g/mol. The first-order chi connectivity index (χ1) is 13.0. The topological polar surface area (TPSA) is 57.5 Å². The second kappa shape index (κ2) is 7.40. The molecule has 4 heteroatoms. The lowest BCUT2D eigenvalue weighted by Gasteiger charge is -2.52. The molecular formula is C23H31ClO3. The molecule has 2 N–H and O–H groups in total. The molecular weight excluding hydrogens is 360 g/mol. The van der Waals surface area contributed by atoms with Gasteiger partial charge in [0.15, 0.2) is 5.78 Å². The lowest BCUT2D eigenvalue weighted by molar-refractivity contribution is -0.136. The molecule has 0 bridgehead atoms. The molecule has 0 aromatic heterocycles. The van der Waals surface area contributed by atoms with Crippen LogP contribution >= 0.6 is 11.6 Å². The van der Waals surface area contributed by atoms with E-state index in [9.17, 15) is 15.0 Å². The van der Waals surface area contributed by atoms with Crippen LogP contribution < -0.4 is 0 Å². The molecule has 0 saturated heterocycles. The van der Waals surface area contributed by atoms with Crippen molar-refractivity contribution in [3.8, 4) is 5.75 Å². The van der Waals surface area contributed by atoms with Gasteiger partial charge in [-0.15, -0.1) is 11.6 Å². The molecule has 2 fully saturated rings. The fourth-order valence-corrected chi connectivity index (χ4v) is 6.81. The molecule has 0 amide bonds. The summed E-state index contributed by atoms with van der Waals surface area (Å²) in [5.74, 6) is 2.78. The van der Waals surface area contributed by atoms with E-state index in [-0.39, 0.29) is 17.1 Å². The third-order valence-electron chi connectivity index (χ3n) is 7.77. The Bertz CT molecular complexity index is 718. The van der Waals surface area contributed by atoms with Crippen LogP contribution in [0.15, 0.2) is 18.2 Å². The number of aromatic hydroxyl groups is 1. The molecule has 2 saturated carbocycles. The predicted octanol–water partition coefficient (Wildman–Crippen LogP) is 4.81. The van der Waals surface area contributed by atoms with Gasteiger partial charge in [0.2, 0.25) is 0 Å². The number of hydrogen-bond donors (Lipinski definition) is 2. The Labute approximate surface area is 167 Å². The molecule has 0 aliphatic heterocycles. The van der Waals surface area contributed by atoms with Gasteiger partial charge in [0.05, 0.1) is 0 Å². The third-order valence-corrected chi connectivity index (χ3v) is 8.04. The second-order valence-electron chi connectivity index (χ2n) is 9.25. The van der Waals surface area contributed by atoms with Crippen LogP contribution in [-0.4, -0.2) is 28.0 Å². The van der Waals surface area contributed by atoms with Crippen molar-refractivity contribution >= 4 is 17.4 Å². The van der Waals surface area contributed by atoms with E-state index in [1.807, 2.05) is 12.1 Å². The molecule has 0 radical (unpaired) electrons. The summed E-state index contributed by atoms with van der Waals surface area (Å²) in [5.41, 5.74) is 2.28. The van der Waals surface area contributed by atoms with Gasteiger partial charge in [-0.25, -0.2) is 0 Å². The molecule has 0 spiro atoms. The van der Waals surface area contributed by atoms with Crippen LogP contribution in [0.5, 0.6) is 5.75 Å². The van der Waals surface area contributed by atoms with Gasteiger partial charge in [-0.3, -0.25) is 4.79 Å². The molecule has 148 valence electrons. The fraction of sp³-hybridized carbons (Fsp3) is 0.696. The van der Waals surface area contributed by atoms with Gasteiger partial charge < -0.3 is 10.2 Å². The van der Waals surface area contributed by atoms with E-state index >= 15 is 0 Å². The van der Waals surface area contributed by atoms with Gasteiger partial charge in [0, 0.05) is 11.3 Å². The molecule has 3 aliphatic rings. The molecule has 1 aromatic rings. The van der Waals surface area contributed by atoms with Gasteiger partial charge >= 0.3 is 0 Å². The van der Waals surface area contributed by atoms with Crippen LogP contribution in [0.1, 0.15) is 68.9 Å². The maximum absolute atomic E-state index is 12.8. The van der Waals surface area contributed by atoms with Gasteiger partial charge in [-0.1, -0.05) is 25.8 Å². The summed E-state index contributed by atoms with van der Waals surface area (Å²) in [5, 5.41) is 20.3. The lowest BCUT2D eigenvalue weighted by Crippen LogP contribution is -2.47. The number of hydrogen-bond acceptors (Lipinski definition) is 3. The summed E-state index contributed by atoms with van der Waals surface area (Å²) in [6, 6.07) is 5.86. The van der Waals surface area contributed by atoms with E-state index in [1.165, 1.54) is 11.1 Å². The normalized spacial score (nSPS) is 37.6. The summed E-state index contributed by atoms with van der Waals surface area (Å²) in [6.45, 7) is 2.12. The van der Waals surface area contributed by atoms with Crippen molar-refractivity contribution in [1.29, 1.82) is 0 Å². The van der Waals surface area contributed by atoms with Crippen molar-refractivity contribution in [3.63, 3.8) is 0 Å². The van der Waals surface area contributed by atoms with Crippen molar-refractivity contribution in [1.82, 2.24) is 0 Å². The van der Waals surface area contributed by atoms with Crippen LogP contribution in [0.3, 0.4) is 0 Å². The van der Waals surface area contributed by atoms with E-state index in [2.05, 4.69) is 13.0 Å². The largest absolute Gasteiger partial charge is 0.508 e. The first-order valence-corrected chi connectivity index (χ1v) is 11.1. The summed E-state index contributed by atoms with van der Waals surface area (Å²) in [6.07, 6.45) is 7.19. The highest BCUT2D eigenvalue weighted by Gasteiger charge is 2.60. The number of halogens is 1. The lowest BCUT2D eigenvalue weighted by atomic mass is 9.51. The van der Waals surface area contributed by atoms with Gasteiger partial charge in [-0.2, -0.15) is 0 Å². The number of aryl methyl sites for hydroxylation is 1. The number of rotatable bonds is 5. The zero-order valence-corrected chi connectivity index (χ0v) is 16.9. The fourth-order valence-electron chi connectivity index (χ4n) is 6.62. The zero-order chi connectivity index (χ0) is 19.2. The quantitative estimate of drug-likeness (QED) is 0.560. The first kappa shape index (κ1) is 19.3. The first-order valence-electron chi connectivity index (χ1n) is 10.6. The van der Waals surface area contributed by atoms with E-state index < -0.39 is 6.10 Å². The Morgan fingerprint density at radius 1 is 1.26 bits per heavy atom. The number of ketones is 1. The van der Waals surface area contributed by atoms with Crippen LogP contribution in [0, 0.1) is 23.2 Å². The van der Waals surface area contributed by atoms with E-state index in [0.717, 1.165) is 44.9 Å². The molecule has 3 nitrogen and oxygen atoms in total. The average Bonchev–Trinajstić information content (AvgIpc) is 2.88. The Morgan fingerprint density at radius 3 is 2.85 bits per heavy atom. The number of fused-ring (bicyclic) bond motifs is 5. The van der Waals surface area contributed by atoms with Crippen molar-refractivity contribution in [2.75, 3.05) is 5.88 Å². The Morgan fingerprint density at radius 2 is 2.07 bits per heavy atom. The molecule has 4 rings (SSSR count). The highest BCUT2D eigenvalue weighted by Crippen LogP contribution is 2.62. The number of benzene rings is 1. The summed E-state index contributed by atoms with van der Waals surface area (Å²) in [4.78, 5) is 12.8. The Balaban J connectivity index is 1.68. The van der Waals surface area contributed by atoms with Crippen molar-refractivity contribution in [3.05, 3.63) is 29.3 Å². The summed E-state index contributed by atoms with van der Waals surface area (Å²) in [7, 11) is 0. The highest BCUT2D eigenvalue weighted by molar-refractivity contribution is 6.17. The standard InChI is InChI=1S/C23H31ClO3/c1-23-13-15(5-3-2-4-10-24)21-17-9-7-16(25)11-14(17)6-8-18(21)19(23)12-20(26)22(23)27/h7,9,11,15,18-21,25-26H,2-6,8,10,12-13H2,1H3/t15?,18-,19-,20?,21+,23-/m0/s1. The molecule has 0 heterocycles. The molecule has 6 atom stereocenters. The van der Waals surface area contributed by atoms with Crippen LogP contribution in [0.4, 0.5) is 0 Å². The number of Topliss-reactive ketones (excluding diaryl/α,β-unsaturated/α-hetero) is 1. The highest BCUT2D eigenvalue weighted by atomic mass is 35.5. The minimum atomic E-state index is -0.781. The minimum absolute atomic E-state index is 0.0770. The SMILES string of the molecule is C[C@]12CC(CCCCCCl)[C@@H]3c4ccc(O)cc4CC[C@H]3[C@@H]1CC(O)C2=O. The Kier molecular flexibility index (Phi) is 5.28. The third kappa shape index (κ3) is 3.21. The van der Waals surface area contributed by atoms with E-state index in [4.69, 9.17) is 11.6 Å². The smallest absolute Gasteiger partial charge is 0.167 e. The second-order valence-corrected chi connectivity index (χ2v) is 9.63. The van der Waals surface area contributed by atoms with E-state index in [0.29, 0.717) is 35.8 Å². The molecule has 1 aromatic carbocycles. The minimum Gasteiger partial charge on any atom is -0.508 e. The Hall–Kier alpha value is -1.06. The summed E-state index contributed by atoms with van der Waals surface area (Å²) < 4.78 is 0. The van der Waals surface area contributed by atoms with Crippen LogP contribution in [0.25, 0.3) is 0 Å². The number of carbonyl (C=O) groups is 1. The predicted molar refractivity (Wildman–Crippen MR) is 107 cm³/mol. The number of phenols is 1. The monoisotopic (exact) mass is 390 g/mol. The van der Waals surface area contributed by atoms with Gasteiger partial charge in [-0.05, 0) is 85.5 Å². The number of carbonyl (C=O) groups excluding carboxylic acids is 1. The van der Waals surface area contributed by atoms with Gasteiger partial charge in [0.25, 0.3) is 0 Å². The number of unbranched alkanes of at least 4 members (excludes halogenated alkanes) is 2. The molecule has 2 unspecified atom stereocenters. The van der Waals surface area contributed by atoms with Gasteiger partial charge in [0.1, 0.15) is 11.9 Å². The van der Waals surface area contributed by atoms with Crippen molar-refractivity contribution < 1.29 is 15.0 Å². The van der Waals surface area contributed by atoms with Crippen LogP contribution in [-0.2, 0) is 11.2 Å². The van der Waals surface area contributed by atoms with Crippen molar-refractivity contribution in [2.24, 2.45) is 23.2 Å². The number of phenolic OH excluding ortho intramolecular Hbond substituents is 1. The number of aliphatic hydroxyl groups is 1. The molecule has 3 aliphatic carbocycles.